The predicted octanol–water partition coefficient (Wildman–Crippen LogP) is 2.35. The van der Waals surface area contributed by atoms with Crippen LogP contribution in [0.4, 0.5) is 0 Å². The average Bonchev–Trinajstić information content (AvgIpc) is 2.37. The second kappa shape index (κ2) is 6.17. The van der Waals surface area contributed by atoms with Crippen LogP contribution in [0, 0.1) is 5.41 Å². The van der Waals surface area contributed by atoms with Crippen molar-refractivity contribution in [2.75, 3.05) is 27.4 Å². The molecular formula is C14H27NO2. The summed E-state index contributed by atoms with van der Waals surface area (Å²) in [6.07, 6.45) is 10.2. The fourth-order valence-corrected chi connectivity index (χ4v) is 3.54. The lowest BCUT2D eigenvalue weighted by Crippen LogP contribution is -2.56. The van der Waals surface area contributed by atoms with E-state index >= 15 is 0 Å². The molecule has 0 aromatic carbocycles. The molecule has 2 rings (SSSR count). The van der Waals surface area contributed by atoms with Crippen LogP contribution in [0.5, 0.6) is 0 Å². The number of nitrogens with one attached hydrogen (secondary N) is 1. The number of hydrogen-bond donors (Lipinski definition) is 1. The van der Waals surface area contributed by atoms with Gasteiger partial charge in [-0.2, -0.15) is 0 Å². The third-order valence-electron chi connectivity index (χ3n) is 4.80. The Labute approximate surface area is 105 Å². The van der Waals surface area contributed by atoms with Crippen LogP contribution in [0.25, 0.3) is 0 Å². The summed E-state index contributed by atoms with van der Waals surface area (Å²) >= 11 is 0. The van der Waals surface area contributed by atoms with Crippen LogP contribution in [-0.4, -0.2) is 39.5 Å². The summed E-state index contributed by atoms with van der Waals surface area (Å²) < 4.78 is 10.5. The van der Waals surface area contributed by atoms with Gasteiger partial charge in [0.05, 0.1) is 12.7 Å². The Morgan fingerprint density at radius 2 is 1.94 bits per heavy atom. The van der Waals surface area contributed by atoms with Crippen molar-refractivity contribution < 1.29 is 9.47 Å². The van der Waals surface area contributed by atoms with Gasteiger partial charge in [0.1, 0.15) is 0 Å². The fourth-order valence-electron chi connectivity index (χ4n) is 3.54. The molecule has 0 amide bonds. The van der Waals surface area contributed by atoms with Gasteiger partial charge in [-0.05, 0) is 31.1 Å². The molecule has 2 fully saturated rings. The lowest BCUT2D eigenvalue weighted by molar-refractivity contribution is -0.00522. The van der Waals surface area contributed by atoms with E-state index in [0.717, 1.165) is 12.6 Å². The molecule has 3 heteroatoms. The molecular weight excluding hydrogens is 214 g/mol. The molecule has 0 heterocycles. The molecule has 0 radical (unpaired) electrons. The van der Waals surface area contributed by atoms with Crippen molar-refractivity contribution in [3.8, 4) is 0 Å². The van der Waals surface area contributed by atoms with Crippen LogP contribution in [0.1, 0.15) is 44.9 Å². The van der Waals surface area contributed by atoms with Crippen LogP contribution in [0.2, 0.25) is 0 Å². The van der Waals surface area contributed by atoms with Gasteiger partial charge >= 0.3 is 0 Å². The van der Waals surface area contributed by atoms with Crippen molar-refractivity contribution in [2.24, 2.45) is 5.41 Å². The van der Waals surface area contributed by atoms with E-state index in [9.17, 15) is 0 Å². The monoisotopic (exact) mass is 241 g/mol. The predicted molar refractivity (Wildman–Crippen MR) is 69.2 cm³/mol. The first kappa shape index (κ1) is 13.3. The minimum Gasteiger partial charge on any atom is -0.382 e. The van der Waals surface area contributed by atoms with Gasteiger partial charge < -0.3 is 14.8 Å². The van der Waals surface area contributed by atoms with Crippen LogP contribution in [0.15, 0.2) is 0 Å². The number of hydrogen-bond acceptors (Lipinski definition) is 3. The molecule has 2 aliphatic rings. The maximum absolute atomic E-state index is 5.40. The van der Waals surface area contributed by atoms with Crippen molar-refractivity contribution in [2.45, 2.75) is 57.1 Å². The van der Waals surface area contributed by atoms with Crippen LogP contribution in [-0.2, 0) is 9.47 Å². The zero-order valence-electron chi connectivity index (χ0n) is 11.3. The highest BCUT2D eigenvalue weighted by Gasteiger charge is 2.46. The smallest absolute Gasteiger partial charge is 0.0928 e. The second-order valence-electron chi connectivity index (χ2n) is 5.74. The zero-order chi connectivity index (χ0) is 12.1. The topological polar surface area (TPSA) is 30.5 Å². The molecule has 0 aliphatic heterocycles. The second-order valence-corrected chi connectivity index (χ2v) is 5.74. The van der Waals surface area contributed by atoms with E-state index in [0.29, 0.717) is 12.0 Å². The largest absolute Gasteiger partial charge is 0.382 e. The number of methoxy groups -OCH3 is 2. The van der Waals surface area contributed by atoms with E-state index in [1.807, 2.05) is 0 Å². The molecule has 1 spiro atoms. The lowest BCUT2D eigenvalue weighted by Gasteiger charge is -2.53. The average molecular weight is 241 g/mol. The van der Waals surface area contributed by atoms with Gasteiger partial charge in [0.2, 0.25) is 0 Å². The Bertz CT molecular complexity index is 226. The molecule has 1 N–H and O–H groups in total. The Morgan fingerprint density at radius 1 is 1.18 bits per heavy atom. The van der Waals surface area contributed by atoms with Gasteiger partial charge in [0.15, 0.2) is 0 Å². The van der Waals surface area contributed by atoms with Crippen molar-refractivity contribution in [3.05, 3.63) is 0 Å². The first-order valence-corrected chi connectivity index (χ1v) is 7.06. The van der Waals surface area contributed by atoms with Crippen molar-refractivity contribution in [3.63, 3.8) is 0 Å². The molecule has 0 bridgehead atoms. The molecule has 0 aromatic rings. The first-order chi connectivity index (χ1) is 8.30. The van der Waals surface area contributed by atoms with Gasteiger partial charge in [0.25, 0.3) is 0 Å². The van der Waals surface area contributed by atoms with Gasteiger partial charge in [-0.3, -0.25) is 0 Å². The molecule has 3 nitrogen and oxygen atoms in total. The highest BCUT2D eigenvalue weighted by atomic mass is 16.5. The molecule has 2 atom stereocenters. The summed E-state index contributed by atoms with van der Waals surface area (Å²) in [5.74, 6) is 0. The van der Waals surface area contributed by atoms with E-state index in [1.165, 1.54) is 44.9 Å². The van der Waals surface area contributed by atoms with Crippen LogP contribution >= 0.6 is 0 Å². The van der Waals surface area contributed by atoms with Crippen molar-refractivity contribution in [1.29, 1.82) is 0 Å². The van der Waals surface area contributed by atoms with E-state index < -0.39 is 0 Å². The van der Waals surface area contributed by atoms with Gasteiger partial charge in [-0.25, -0.2) is 0 Å². The molecule has 2 unspecified atom stereocenters. The maximum atomic E-state index is 5.40. The van der Waals surface area contributed by atoms with Crippen molar-refractivity contribution >= 4 is 0 Å². The summed E-state index contributed by atoms with van der Waals surface area (Å²) in [6, 6.07) is 0.734. The van der Waals surface area contributed by atoms with Crippen LogP contribution < -0.4 is 5.32 Å². The number of rotatable bonds is 6. The minimum atomic E-state index is 0.196. The first-order valence-electron chi connectivity index (χ1n) is 7.06. The summed E-state index contributed by atoms with van der Waals surface area (Å²) in [5, 5.41) is 3.71. The number of ether oxygens (including phenoxy) is 2. The molecule has 2 saturated carbocycles. The summed E-state index contributed by atoms with van der Waals surface area (Å²) in [7, 11) is 3.50. The van der Waals surface area contributed by atoms with Gasteiger partial charge in [-0.1, -0.05) is 19.3 Å². The standard InChI is InChI=1S/C14H27NO2/c1-16-11-12(17-2)10-15-13-6-9-14(13)7-4-3-5-8-14/h12-13,15H,3-11H2,1-2H3. The van der Waals surface area contributed by atoms with E-state index in [-0.39, 0.29) is 6.10 Å². The summed E-state index contributed by atoms with van der Waals surface area (Å²) in [6.45, 7) is 1.61. The third-order valence-corrected chi connectivity index (χ3v) is 4.80. The van der Waals surface area contributed by atoms with E-state index in [2.05, 4.69) is 5.32 Å². The van der Waals surface area contributed by atoms with Gasteiger partial charge in [-0.15, -0.1) is 0 Å². The fraction of sp³-hybridized carbons (Fsp3) is 1.00. The molecule has 100 valence electrons. The van der Waals surface area contributed by atoms with E-state index in [4.69, 9.17) is 9.47 Å². The normalized spacial score (nSPS) is 28.9. The molecule has 17 heavy (non-hydrogen) atoms. The third kappa shape index (κ3) is 3.01. The lowest BCUT2D eigenvalue weighted by atomic mass is 9.57. The minimum absolute atomic E-state index is 0.196. The van der Waals surface area contributed by atoms with Crippen molar-refractivity contribution in [1.82, 2.24) is 5.32 Å². The summed E-state index contributed by atoms with van der Waals surface area (Å²) in [4.78, 5) is 0. The molecule has 0 aromatic heterocycles. The van der Waals surface area contributed by atoms with Crippen LogP contribution in [0.3, 0.4) is 0 Å². The maximum Gasteiger partial charge on any atom is 0.0928 e. The zero-order valence-corrected chi connectivity index (χ0v) is 11.3. The molecule has 2 aliphatic carbocycles. The quantitative estimate of drug-likeness (QED) is 0.774. The van der Waals surface area contributed by atoms with E-state index in [1.54, 1.807) is 14.2 Å². The van der Waals surface area contributed by atoms with Gasteiger partial charge in [0, 0.05) is 26.8 Å². The molecule has 0 saturated heterocycles. The Balaban J connectivity index is 1.75. The summed E-state index contributed by atoms with van der Waals surface area (Å²) in [5.41, 5.74) is 0.642. The highest BCUT2D eigenvalue weighted by Crippen LogP contribution is 2.51. The highest BCUT2D eigenvalue weighted by molar-refractivity contribution is 5.01. The Kier molecular flexibility index (Phi) is 4.83. The Morgan fingerprint density at radius 3 is 2.47 bits per heavy atom. The SMILES string of the molecule is COCC(CNC1CCC12CCCCC2)OC. The Hall–Kier alpha value is -0.120.